The van der Waals surface area contributed by atoms with Crippen molar-refractivity contribution in [1.82, 2.24) is 0 Å². The first-order chi connectivity index (χ1) is 22.0. The number of hydrogen-bond donors (Lipinski definition) is 0. The van der Waals surface area contributed by atoms with Crippen LogP contribution in [-0.2, 0) is 56.8 Å². The number of halogens is 2. The van der Waals surface area contributed by atoms with E-state index in [9.17, 15) is 0 Å². The van der Waals surface area contributed by atoms with Gasteiger partial charge in [0.1, 0.15) is 0 Å². The molecule has 3 aliphatic heterocycles. The van der Waals surface area contributed by atoms with E-state index in [4.69, 9.17) is 94.1 Å². The van der Waals surface area contributed by atoms with Crippen molar-refractivity contribution in [1.29, 1.82) is 0 Å². The van der Waals surface area contributed by atoms with Crippen LogP contribution in [-0.4, -0.2) is 159 Å². The molecule has 0 radical (unpaired) electrons. The van der Waals surface area contributed by atoms with Gasteiger partial charge in [0.05, 0.1) is 159 Å². The quantitative estimate of drug-likeness (QED) is 0.208. The van der Waals surface area contributed by atoms with Crippen molar-refractivity contribution in [3.63, 3.8) is 0 Å². The molecule has 0 bridgehead atoms. The Morgan fingerprint density at radius 1 is 0.188 bits per heavy atom. The first-order valence-corrected chi connectivity index (χ1v) is 16.6. The van der Waals surface area contributed by atoms with E-state index < -0.39 is 20.5 Å². The average molecular weight is 741 g/mol. The summed E-state index contributed by atoms with van der Waals surface area (Å²) in [6.07, 6.45) is 0. The van der Waals surface area contributed by atoms with Crippen molar-refractivity contribution >= 4 is 0 Å². The Balaban J connectivity index is -0.000000261. The summed E-state index contributed by atoms with van der Waals surface area (Å²) in [5.74, 6) is 0. The Morgan fingerprint density at radius 2 is 0.229 bits per heavy atom. The first-order valence-electron chi connectivity index (χ1n) is 14.2. The van der Waals surface area contributed by atoms with E-state index >= 15 is 0 Å². The van der Waals surface area contributed by atoms with Crippen molar-refractivity contribution in [2.75, 3.05) is 159 Å². The summed E-state index contributed by atoms with van der Waals surface area (Å²) in [5.41, 5.74) is 0. The van der Waals surface area contributed by atoms with Crippen LogP contribution in [0.15, 0.2) is 0 Å². The standard InChI is InChI=1S/3C8H16O4.2ClHO4.2Li/c3*1-2-10-5-6-12-8-7-11-4-3-9-1;2*2-1(3,4)5;;/h3*1-8H2;2*(H,2,3,4,5);;/q;;;;;2*+1/p-2. The van der Waals surface area contributed by atoms with E-state index in [1.807, 2.05) is 0 Å². The van der Waals surface area contributed by atoms with Crippen LogP contribution in [0.1, 0.15) is 0 Å². The smallest absolute Gasteiger partial charge is 0.377 e. The second-order valence-corrected chi connectivity index (χ2v) is 9.62. The van der Waals surface area contributed by atoms with Gasteiger partial charge in [0.15, 0.2) is 0 Å². The van der Waals surface area contributed by atoms with E-state index in [2.05, 4.69) is 0 Å². The molecule has 0 aromatic heterocycles. The van der Waals surface area contributed by atoms with Gasteiger partial charge in [-0.3, -0.25) is 0 Å². The monoisotopic (exact) mass is 740 g/mol. The zero-order valence-corrected chi connectivity index (χ0v) is 29.4. The van der Waals surface area contributed by atoms with Crippen LogP contribution in [0.5, 0.6) is 0 Å². The van der Waals surface area contributed by atoms with Crippen molar-refractivity contribution < 1.29 is 152 Å². The van der Waals surface area contributed by atoms with Crippen LogP contribution in [0.25, 0.3) is 0 Å². The summed E-state index contributed by atoms with van der Waals surface area (Å²) < 4.78 is 131. The van der Waals surface area contributed by atoms with Crippen LogP contribution < -0.4 is 75.0 Å². The Hall–Kier alpha value is 0.975. The normalized spacial score (nSPS) is 20.5. The Bertz CT molecular complexity index is 375. The molecule has 0 N–H and O–H groups in total. The zero-order chi connectivity index (χ0) is 34.5. The third-order valence-corrected chi connectivity index (χ3v) is 4.46. The Morgan fingerprint density at radius 3 is 0.271 bits per heavy atom. The van der Waals surface area contributed by atoms with Gasteiger partial charge in [-0.05, 0) is 0 Å². The van der Waals surface area contributed by atoms with Gasteiger partial charge in [0.25, 0.3) is 0 Å². The van der Waals surface area contributed by atoms with Crippen LogP contribution in [0.3, 0.4) is 0 Å². The molecular weight excluding hydrogens is 693 g/mol. The minimum absolute atomic E-state index is 0. The summed E-state index contributed by atoms with van der Waals surface area (Å²) in [6, 6.07) is 0. The molecule has 0 aromatic carbocycles. The second-order valence-electron chi connectivity index (χ2n) is 8.10. The molecule has 0 aliphatic carbocycles. The maximum atomic E-state index is 8.49. The zero-order valence-electron chi connectivity index (χ0n) is 27.9. The number of ether oxygens (including phenoxy) is 12. The van der Waals surface area contributed by atoms with Gasteiger partial charge in [0.2, 0.25) is 0 Å². The SMILES string of the molecule is C1COCCOCCOCCO1.C1COCCOCCOCCO1.C1COCCOCCOCCO1.[Li+].[Li+].[O-][Cl+3]([O-])([O-])[O-].[O-][Cl+3]([O-])([O-])[O-]. The van der Waals surface area contributed by atoms with Crippen molar-refractivity contribution in [2.24, 2.45) is 0 Å². The van der Waals surface area contributed by atoms with Gasteiger partial charge in [-0.25, -0.2) is 37.3 Å². The predicted molar refractivity (Wildman–Crippen MR) is 130 cm³/mol. The van der Waals surface area contributed by atoms with Crippen LogP contribution in [0.2, 0.25) is 0 Å². The maximum absolute atomic E-state index is 8.49. The van der Waals surface area contributed by atoms with Crippen molar-refractivity contribution in [3.05, 3.63) is 0 Å². The predicted octanol–water partition coefficient (Wildman–Crippen LogP) is -15.3. The molecule has 0 unspecified atom stereocenters. The summed E-state index contributed by atoms with van der Waals surface area (Å²) in [7, 11) is -9.89. The molecule has 0 aromatic rings. The molecule has 3 rings (SSSR count). The molecule has 3 fully saturated rings. The molecule has 0 spiro atoms. The Kier molecular flexibility index (Phi) is 51.2. The average Bonchev–Trinajstić information content (AvgIpc) is 2.93. The first kappa shape index (κ1) is 55.7. The molecule has 3 heterocycles. The van der Waals surface area contributed by atoms with Crippen LogP contribution >= 0.6 is 0 Å². The maximum Gasteiger partial charge on any atom is 1.00 e. The molecule has 3 aliphatic rings. The molecule has 0 amide bonds. The fourth-order valence-corrected chi connectivity index (χ4v) is 2.64. The van der Waals surface area contributed by atoms with E-state index in [0.29, 0.717) is 159 Å². The summed E-state index contributed by atoms with van der Waals surface area (Å²) in [5, 5.41) is 0. The topological polar surface area (TPSA) is 295 Å². The third kappa shape index (κ3) is 72.6. The molecule has 20 nitrogen and oxygen atoms in total. The van der Waals surface area contributed by atoms with Crippen LogP contribution in [0, 0.1) is 20.5 Å². The molecule has 0 atom stereocenters. The minimum atomic E-state index is -4.94. The molecular formula is C24H48Cl2Li2O20. The summed E-state index contributed by atoms with van der Waals surface area (Å²) >= 11 is 0. The third-order valence-electron chi connectivity index (χ3n) is 4.46. The Labute approximate surface area is 309 Å². The van der Waals surface area contributed by atoms with Gasteiger partial charge in [-0.2, -0.15) is 0 Å². The second kappa shape index (κ2) is 44.1. The fraction of sp³-hybridized carbons (Fsp3) is 1.00. The largest absolute Gasteiger partial charge is 1.00 e. The summed E-state index contributed by atoms with van der Waals surface area (Å²) in [4.78, 5) is 0. The van der Waals surface area contributed by atoms with E-state index in [1.54, 1.807) is 0 Å². The van der Waals surface area contributed by atoms with E-state index in [1.165, 1.54) is 0 Å². The van der Waals surface area contributed by atoms with Gasteiger partial charge in [-0.15, -0.1) is 20.5 Å². The van der Waals surface area contributed by atoms with Crippen molar-refractivity contribution in [3.8, 4) is 0 Å². The molecule has 24 heteroatoms. The van der Waals surface area contributed by atoms with E-state index in [-0.39, 0.29) is 37.7 Å². The summed E-state index contributed by atoms with van der Waals surface area (Å²) in [6.45, 7) is 15.4. The number of rotatable bonds is 0. The molecule has 0 saturated carbocycles. The molecule has 48 heavy (non-hydrogen) atoms. The van der Waals surface area contributed by atoms with Gasteiger partial charge in [0, 0.05) is 0 Å². The van der Waals surface area contributed by atoms with E-state index in [0.717, 1.165) is 0 Å². The molecule has 3 saturated heterocycles. The minimum Gasteiger partial charge on any atom is -0.377 e. The van der Waals surface area contributed by atoms with Crippen molar-refractivity contribution in [2.45, 2.75) is 0 Å². The van der Waals surface area contributed by atoms with Gasteiger partial charge >= 0.3 is 37.7 Å². The number of hydrogen-bond acceptors (Lipinski definition) is 20. The molecule has 280 valence electrons. The van der Waals surface area contributed by atoms with Gasteiger partial charge < -0.3 is 56.8 Å². The fourth-order valence-electron chi connectivity index (χ4n) is 2.64. The van der Waals surface area contributed by atoms with Gasteiger partial charge in [-0.1, -0.05) is 0 Å². The van der Waals surface area contributed by atoms with Crippen LogP contribution in [0.4, 0.5) is 0 Å².